The van der Waals surface area contributed by atoms with E-state index in [4.69, 9.17) is 20.8 Å². The number of aryl methyl sites for hydroxylation is 1. The molecule has 0 aliphatic carbocycles. The second-order valence-corrected chi connectivity index (χ2v) is 5.78. The SMILES string of the molecule is CN=C(NCCc1ccccc1Cl)NCc1cc(C(=O)OC)c(C)o1. The van der Waals surface area contributed by atoms with Gasteiger partial charge >= 0.3 is 5.97 Å². The maximum atomic E-state index is 11.6. The van der Waals surface area contributed by atoms with Gasteiger partial charge in [-0.3, -0.25) is 4.99 Å². The van der Waals surface area contributed by atoms with Crippen molar-refractivity contribution in [2.24, 2.45) is 4.99 Å². The van der Waals surface area contributed by atoms with Crippen molar-refractivity contribution in [3.63, 3.8) is 0 Å². The zero-order valence-electron chi connectivity index (χ0n) is 14.6. The van der Waals surface area contributed by atoms with Crippen LogP contribution in [0.1, 0.15) is 27.4 Å². The molecule has 0 aliphatic heterocycles. The average molecular weight is 364 g/mol. The number of hydrogen-bond acceptors (Lipinski definition) is 4. The molecule has 0 saturated heterocycles. The number of hydrogen-bond donors (Lipinski definition) is 2. The van der Waals surface area contributed by atoms with E-state index in [9.17, 15) is 4.79 Å². The van der Waals surface area contributed by atoms with Crippen molar-refractivity contribution in [3.8, 4) is 0 Å². The largest absolute Gasteiger partial charge is 0.465 e. The molecule has 25 heavy (non-hydrogen) atoms. The van der Waals surface area contributed by atoms with Crippen molar-refractivity contribution in [2.45, 2.75) is 19.9 Å². The zero-order chi connectivity index (χ0) is 18.2. The Balaban J connectivity index is 1.84. The number of furan rings is 1. The molecular formula is C18H22ClN3O3. The molecule has 134 valence electrons. The Bertz CT molecular complexity index is 756. The molecule has 2 N–H and O–H groups in total. The summed E-state index contributed by atoms with van der Waals surface area (Å²) < 4.78 is 10.3. The van der Waals surface area contributed by atoms with Gasteiger partial charge in [0, 0.05) is 18.6 Å². The molecule has 2 rings (SSSR count). The minimum atomic E-state index is -0.408. The number of esters is 1. The summed E-state index contributed by atoms with van der Waals surface area (Å²) in [6, 6.07) is 9.42. The fourth-order valence-electron chi connectivity index (χ4n) is 2.35. The van der Waals surface area contributed by atoms with Crippen molar-refractivity contribution in [1.29, 1.82) is 0 Å². The Morgan fingerprint density at radius 3 is 2.76 bits per heavy atom. The van der Waals surface area contributed by atoms with Crippen LogP contribution in [0.15, 0.2) is 39.7 Å². The molecule has 1 heterocycles. The van der Waals surface area contributed by atoms with Crippen LogP contribution in [-0.2, 0) is 17.7 Å². The molecule has 0 bridgehead atoms. The quantitative estimate of drug-likeness (QED) is 0.469. The lowest BCUT2D eigenvalue weighted by atomic mass is 10.1. The molecule has 0 amide bonds. The fourth-order valence-corrected chi connectivity index (χ4v) is 2.58. The van der Waals surface area contributed by atoms with Gasteiger partial charge in [0.25, 0.3) is 0 Å². The van der Waals surface area contributed by atoms with Crippen LogP contribution in [0.5, 0.6) is 0 Å². The first kappa shape index (κ1) is 18.9. The third kappa shape index (κ3) is 5.26. The number of halogens is 1. The van der Waals surface area contributed by atoms with Crippen LogP contribution in [0.3, 0.4) is 0 Å². The van der Waals surface area contributed by atoms with E-state index in [-0.39, 0.29) is 0 Å². The van der Waals surface area contributed by atoms with E-state index in [0.29, 0.717) is 36.1 Å². The second-order valence-electron chi connectivity index (χ2n) is 5.37. The van der Waals surface area contributed by atoms with Crippen LogP contribution in [0.2, 0.25) is 5.02 Å². The highest BCUT2D eigenvalue weighted by Crippen LogP contribution is 2.16. The number of benzene rings is 1. The summed E-state index contributed by atoms with van der Waals surface area (Å²) >= 11 is 6.15. The van der Waals surface area contributed by atoms with E-state index in [1.165, 1.54) is 7.11 Å². The highest BCUT2D eigenvalue weighted by atomic mass is 35.5. The van der Waals surface area contributed by atoms with Crippen molar-refractivity contribution in [2.75, 3.05) is 20.7 Å². The number of carbonyl (C=O) groups excluding carboxylic acids is 1. The standard InChI is InChI=1S/C18H22ClN3O3/c1-12-15(17(23)24-3)10-14(25-12)11-22-18(20-2)21-9-8-13-6-4-5-7-16(13)19/h4-7,10H,8-9,11H2,1-3H3,(H2,20,21,22). The van der Waals surface area contributed by atoms with E-state index in [0.717, 1.165) is 17.0 Å². The molecule has 2 aromatic rings. The predicted molar refractivity (Wildman–Crippen MR) is 98.1 cm³/mol. The summed E-state index contributed by atoms with van der Waals surface area (Å²) in [6.07, 6.45) is 0.784. The van der Waals surface area contributed by atoms with Crippen molar-refractivity contribution in [3.05, 3.63) is 58.0 Å². The highest BCUT2D eigenvalue weighted by Gasteiger charge is 2.15. The number of methoxy groups -OCH3 is 1. The molecule has 7 heteroatoms. The summed E-state index contributed by atoms with van der Waals surface area (Å²) in [5, 5.41) is 7.12. The van der Waals surface area contributed by atoms with Crippen molar-refractivity contribution < 1.29 is 13.9 Å². The molecule has 1 aromatic heterocycles. The number of nitrogens with one attached hydrogen (secondary N) is 2. The van der Waals surface area contributed by atoms with E-state index in [1.54, 1.807) is 20.0 Å². The molecule has 0 saturated carbocycles. The third-order valence-electron chi connectivity index (χ3n) is 3.67. The number of rotatable bonds is 6. The van der Waals surface area contributed by atoms with E-state index >= 15 is 0 Å². The smallest absolute Gasteiger partial charge is 0.341 e. The van der Waals surface area contributed by atoms with Gasteiger partial charge in [0.05, 0.1) is 13.7 Å². The van der Waals surface area contributed by atoms with Gasteiger partial charge in [-0.2, -0.15) is 0 Å². The van der Waals surface area contributed by atoms with Crippen LogP contribution in [0, 0.1) is 6.92 Å². The normalized spacial score (nSPS) is 11.3. The number of guanidine groups is 1. The minimum Gasteiger partial charge on any atom is -0.465 e. The highest BCUT2D eigenvalue weighted by molar-refractivity contribution is 6.31. The van der Waals surface area contributed by atoms with Crippen LogP contribution < -0.4 is 10.6 Å². The second kappa shape index (κ2) is 9.13. The Labute approximate surface area is 152 Å². The average Bonchev–Trinajstić information content (AvgIpc) is 2.99. The van der Waals surface area contributed by atoms with Crippen molar-refractivity contribution >= 4 is 23.5 Å². The number of ether oxygens (including phenoxy) is 1. The Morgan fingerprint density at radius 2 is 2.08 bits per heavy atom. The predicted octanol–water partition coefficient (Wildman–Crippen LogP) is 2.94. The van der Waals surface area contributed by atoms with E-state index in [2.05, 4.69) is 15.6 Å². The first-order valence-electron chi connectivity index (χ1n) is 7.90. The van der Waals surface area contributed by atoms with Crippen molar-refractivity contribution in [1.82, 2.24) is 10.6 Å². The molecule has 0 aliphatic rings. The topological polar surface area (TPSA) is 75.9 Å². The van der Waals surface area contributed by atoms with Crippen LogP contribution >= 0.6 is 11.6 Å². The zero-order valence-corrected chi connectivity index (χ0v) is 15.3. The maximum Gasteiger partial charge on any atom is 0.341 e. The van der Waals surface area contributed by atoms with Gasteiger partial charge in [0.15, 0.2) is 5.96 Å². The fraction of sp³-hybridized carbons (Fsp3) is 0.333. The lowest BCUT2D eigenvalue weighted by molar-refractivity contribution is 0.0599. The summed E-state index contributed by atoms with van der Waals surface area (Å²) in [7, 11) is 3.04. The Hall–Kier alpha value is -2.47. The maximum absolute atomic E-state index is 11.6. The summed E-state index contributed by atoms with van der Waals surface area (Å²) in [5.41, 5.74) is 1.51. The Kier molecular flexibility index (Phi) is 6.89. The van der Waals surface area contributed by atoms with E-state index < -0.39 is 5.97 Å². The summed E-state index contributed by atoms with van der Waals surface area (Å²) in [4.78, 5) is 15.8. The molecular weight excluding hydrogens is 342 g/mol. The molecule has 0 radical (unpaired) electrons. The molecule has 0 atom stereocenters. The van der Waals surface area contributed by atoms with Gasteiger partial charge in [0.1, 0.15) is 17.1 Å². The molecule has 0 spiro atoms. The number of nitrogens with zero attached hydrogens (tertiary/aromatic N) is 1. The lowest BCUT2D eigenvalue weighted by Gasteiger charge is -2.11. The van der Waals surface area contributed by atoms with Gasteiger partial charge in [-0.15, -0.1) is 0 Å². The van der Waals surface area contributed by atoms with Gasteiger partial charge in [-0.25, -0.2) is 4.79 Å². The van der Waals surface area contributed by atoms with Gasteiger partial charge in [-0.1, -0.05) is 29.8 Å². The Morgan fingerprint density at radius 1 is 1.32 bits per heavy atom. The van der Waals surface area contributed by atoms with Crippen LogP contribution in [0.25, 0.3) is 0 Å². The minimum absolute atomic E-state index is 0.406. The lowest BCUT2D eigenvalue weighted by Crippen LogP contribution is -2.37. The third-order valence-corrected chi connectivity index (χ3v) is 4.04. The van der Waals surface area contributed by atoms with Gasteiger partial charge in [-0.05, 0) is 31.0 Å². The molecule has 6 nitrogen and oxygen atoms in total. The number of carbonyl (C=O) groups is 1. The first-order chi connectivity index (χ1) is 12.0. The van der Waals surface area contributed by atoms with Crippen LogP contribution in [0.4, 0.5) is 0 Å². The van der Waals surface area contributed by atoms with Gasteiger partial charge < -0.3 is 19.8 Å². The monoisotopic (exact) mass is 363 g/mol. The molecule has 1 aromatic carbocycles. The summed E-state index contributed by atoms with van der Waals surface area (Å²) in [5.74, 6) is 1.40. The summed E-state index contributed by atoms with van der Waals surface area (Å²) in [6.45, 7) is 2.82. The first-order valence-corrected chi connectivity index (χ1v) is 8.28. The van der Waals surface area contributed by atoms with Gasteiger partial charge in [0.2, 0.25) is 0 Å². The van der Waals surface area contributed by atoms with Crippen LogP contribution in [-0.4, -0.2) is 32.6 Å². The molecule has 0 unspecified atom stereocenters. The van der Waals surface area contributed by atoms with E-state index in [1.807, 2.05) is 24.3 Å². The molecule has 0 fully saturated rings. The number of aliphatic imine (C=N–C) groups is 1.